The lowest BCUT2D eigenvalue weighted by molar-refractivity contribution is -0.150. The number of carbonyl (C=O) groups excluding carboxylic acids is 2. The molecule has 3 aliphatic rings. The number of aromatic nitrogens is 1. The summed E-state index contributed by atoms with van der Waals surface area (Å²) >= 11 is 5.98. The number of thiazole rings is 1. The molecule has 0 bridgehead atoms. The number of carboxylic acid groups (broad SMARTS) is 1. The first kappa shape index (κ1) is 21.3. The van der Waals surface area contributed by atoms with Crippen molar-refractivity contribution in [2.45, 2.75) is 16.0 Å². The lowest BCUT2D eigenvalue weighted by atomic mass is 10.0. The van der Waals surface area contributed by atoms with Crippen molar-refractivity contribution in [3.8, 4) is 0 Å². The smallest absolute Gasteiger partial charge is 0.352 e. The monoisotopic (exact) mass is 487 g/mol. The maximum absolute atomic E-state index is 12.8. The van der Waals surface area contributed by atoms with E-state index in [1.165, 1.54) is 23.8 Å². The third-order valence-corrected chi connectivity index (χ3v) is 9.66. The fourth-order valence-electron chi connectivity index (χ4n) is 3.29. The summed E-state index contributed by atoms with van der Waals surface area (Å²) in [5.41, 5.74) is 6.55. The van der Waals surface area contributed by atoms with Crippen LogP contribution in [0.15, 0.2) is 21.8 Å². The number of thioether (sulfide) groups is 3. The minimum Gasteiger partial charge on any atom is -0.477 e. The summed E-state index contributed by atoms with van der Waals surface area (Å²) < 4.78 is 0.0431. The summed E-state index contributed by atoms with van der Waals surface area (Å²) in [7, 11) is 1.29. The minimum atomic E-state index is -1.12. The Morgan fingerprint density at radius 3 is 2.70 bits per heavy atom. The molecule has 2 fully saturated rings. The number of nitrogens with one attached hydrogen (secondary N) is 1. The Labute approximate surface area is 188 Å². The average Bonchev–Trinajstić information content (AvgIpc) is 3.40. The Morgan fingerprint density at radius 2 is 2.10 bits per heavy atom. The number of nitrogen functional groups attached to an aromatic ring is 1. The number of hydrogen-bond acceptors (Lipinski definition) is 11. The third-order valence-electron chi connectivity index (χ3n) is 4.56. The highest BCUT2D eigenvalue weighted by Crippen LogP contribution is 2.47. The van der Waals surface area contributed by atoms with Crippen molar-refractivity contribution >= 4 is 75.2 Å². The third kappa shape index (κ3) is 3.76. The largest absolute Gasteiger partial charge is 0.477 e. The van der Waals surface area contributed by atoms with E-state index >= 15 is 0 Å². The van der Waals surface area contributed by atoms with E-state index in [-0.39, 0.29) is 26.8 Å². The van der Waals surface area contributed by atoms with Crippen LogP contribution in [0, 0.1) is 0 Å². The number of aliphatic carboxylic acids is 1. The molecular weight excluding hydrogens is 470 g/mol. The first-order valence-corrected chi connectivity index (χ1v) is 12.7. The molecule has 4 heterocycles. The van der Waals surface area contributed by atoms with E-state index in [2.05, 4.69) is 15.5 Å². The van der Waals surface area contributed by atoms with Crippen molar-refractivity contribution in [1.82, 2.24) is 15.2 Å². The van der Waals surface area contributed by atoms with Gasteiger partial charge in [0, 0.05) is 22.6 Å². The zero-order valence-corrected chi connectivity index (χ0v) is 18.8. The van der Waals surface area contributed by atoms with Gasteiger partial charge in [-0.25, -0.2) is 9.78 Å². The number of carbonyl (C=O) groups is 3. The fraction of sp³-hybridized carbons (Fsp3) is 0.438. The van der Waals surface area contributed by atoms with Gasteiger partial charge in [0.1, 0.15) is 29.9 Å². The number of nitrogens with two attached hydrogens (primary N) is 1. The number of carboxylic acids is 1. The molecule has 30 heavy (non-hydrogen) atoms. The number of oxime groups is 1. The van der Waals surface area contributed by atoms with Gasteiger partial charge in [0.15, 0.2) is 10.8 Å². The zero-order chi connectivity index (χ0) is 21.4. The summed E-state index contributed by atoms with van der Waals surface area (Å²) in [5.74, 6) is 0.174. The van der Waals surface area contributed by atoms with Crippen molar-refractivity contribution < 1.29 is 24.3 Å². The normalized spacial score (nSPS) is 24.5. The molecule has 2 saturated heterocycles. The van der Waals surface area contributed by atoms with Crippen molar-refractivity contribution in [2.24, 2.45) is 5.16 Å². The predicted octanol–water partition coefficient (Wildman–Crippen LogP) is 0.621. The summed E-state index contributed by atoms with van der Waals surface area (Å²) in [6, 6.07) is -0.861. The van der Waals surface area contributed by atoms with E-state index in [1.54, 1.807) is 28.9 Å². The maximum atomic E-state index is 12.8. The van der Waals surface area contributed by atoms with Crippen LogP contribution in [-0.2, 0) is 19.2 Å². The van der Waals surface area contributed by atoms with Gasteiger partial charge in [0.05, 0.1) is 4.58 Å². The molecule has 0 aliphatic carbocycles. The van der Waals surface area contributed by atoms with Crippen LogP contribution in [0.1, 0.15) is 5.69 Å². The Kier molecular flexibility index (Phi) is 6.18. The molecule has 10 nitrogen and oxygen atoms in total. The second kappa shape index (κ2) is 8.69. The molecule has 1 aromatic rings. The summed E-state index contributed by atoms with van der Waals surface area (Å²) in [5, 5.41) is 17.4. The van der Waals surface area contributed by atoms with Gasteiger partial charge in [-0.1, -0.05) is 5.16 Å². The first-order chi connectivity index (χ1) is 14.4. The number of anilines is 1. The van der Waals surface area contributed by atoms with Crippen molar-refractivity contribution in [3.63, 3.8) is 0 Å². The highest BCUT2D eigenvalue weighted by Gasteiger charge is 2.55. The first-order valence-electron chi connectivity index (χ1n) is 8.70. The molecule has 0 spiro atoms. The van der Waals surface area contributed by atoms with E-state index < -0.39 is 29.2 Å². The summed E-state index contributed by atoms with van der Waals surface area (Å²) in [6.07, 6.45) is 0. The van der Waals surface area contributed by atoms with Gasteiger partial charge >= 0.3 is 5.97 Å². The van der Waals surface area contributed by atoms with Gasteiger partial charge in [-0.15, -0.1) is 46.6 Å². The molecule has 2 amide bonds. The molecule has 0 radical (unpaired) electrons. The van der Waals surface area contributed by atoms with Crippen LogP contribution in [0.5, 0.6) is 0 Å². The van der Waals surface area contributed by atoms with Crippen LogP contribution in [-0.4, -0.2) is 78.9 Å². The van der Waals surface area contributed by atoms with Crippen LogP contribution in [0.4, 0.5) is 5.13 Å². The SMILES string of the molecule is CON=C(C(=O)N[C@@H]1C(=O)N2C(C(=O)O)=C(C3SCCS3)CS[C@H]12)c1csc(N)n1. The van der Waals surface area contributed by atoms with E-state index in [9.17, 15) is 19.5 Å². The minimum absolute atomic E-state index is 0.0409. The molecule has 3 aliphatic heterocycles. The Balaban J connectivity index is 1.53. The molecular formula is C16H17N5O5S4. The molecule has 160 valence electrons. The van der Waals surface area contributed by atoms with Crippen molar-refractivity contribution in [1.29, 1.82) is 0 Å². The van der Waals surface area contributed by atoms with Gasteiger partial charge in [-0.05, 0) is 5.57 Å². The van der Waals surface area contributed by atoms with Crippen LogP contribution in [0.25, 0.3) is 0 Å². The number of rotatable bonds is 6. The van der Waals surface area contributed by atoms with Gasteiger partial charge in [-0.2, -0.15) is 0 Å². The Hall–Kier alpha value is -1.90. The molecule has 4 rings (SSSR count). The fourth-order valence-corrected chi connectivity index (χ4v) is 8.39. The number of hydrogen-bond donors (Lipinski definition) is 3. The second-order valence-electron chi connectivity index (χ2n) is 6.31. The molecule has 2 atom stereocenters. The zero-order valence-electron chi connectivity index (χ0n) is 15.6. The number of fused-ring (bicyclic) bond motifs is 1. The number of β-lactam (4-membered cyclic amide) rings is 1. The molecule has 4 N–H and O–H groups in total. The molecule has 0 saturated carbocycles. The predicted molar refractivity (Wildman–Crippen MR) is 118 cm³/mol. The van der Waals surface area contributed by atoms with Gasteiger partial charge in [0.25, 0.3) is 11.8 Å². The van der Waals surface area contributed by atoms with E-state index in [1.807, 2.05) is 0 Å². The lowest BCUT2D eigenvalue weighted by Crippen LogP contribution is -2.71. The Bertz CT molecular complexity index is 958. The van der Waals surface area contributed by atoms with Crippen molar-refractivity contribution in [3.05, 3.63) is 22.3 Å². The molecule has 1 aromatic heterocycles. The van der Waals surface area contributed by atoms with E-state index in [0.717, 1.165) is 28.4 Å². The molecule has 14 heteroatoms. The van der Waals surface area contributed by atoms with Crippen LogP contribution in [0.3, 0.4) is 0 Å². The number of nitrogens with zero attached hydrogens (tertiary/aromatic N) is 3. The molecule has 0 aromatic carbocycles. The summed E-state index contributed by atoms with van der Waals surface area (Å²) in [6.45, 7) is 0. The second-order valence-corrected chi connectivity index (χ2v) is 11.0. The average molecular weight is 488 g/mol. The Morgan fingerprint density at radius 1 is 1.37 bits per heavy atom. The van der Waals surface area contributed by atoms with Crippen LogP contribution >= 0.6 is 46.6 Å². The topological polar surface area (TPSA) is 147 Å². The number of amides is 2. The standard InChI is InChI=1S/C16H17N5O5S4/c1-26-20-8(7-5-30-16(17)18-7)11(22)19-9-12(23)21-10(14(24)25)6(4-29-13(9)21)15-27-2-3-28-15/h5,9,13,15H,2-4H2,1H3,(H2,17,18)(H,19,22)(H,24,25)/t9-,13-/m1/s1. The van der Waals surface area contributed by atoms with Gasteiger partial charge < -0.3 is 21.0 Å². The highest BCUT2D eigenvalue weighted by atomic mass is 32.2. The highest BCUT2D eigenvalue weighted by molar-refractivity contribution is 8.20. The van der Waals surface area contributed by atoms with Gasteiger partial charge in [0.2, 0.25) is 0 Å². The van der Waals surface area contributed by atoms with Crippen LogP contribution in [0.2, 0.25) is 0 Å². The van der Waals surface area contributed by atoms with Crippen molar-refractivity contribution in [2.75, 3.05) is 30.1 Å². The lowest BCUT2D eigenvalue weighted by Gasteiger charge is -2.49. The quantitative estimate of drug-likeness (QED) is 0.296. The van der Waals surface area contributed by atoms with E-state index in [0.29, 0.717) is 5.75 Å². The van der Waals surface area contributed by atoms with E-state index in [4.69, 9.17) is 10.6 Å². The maximum Gasteiger partial charge on any atom is 0.352 e. The van der Waals surface area contributed by atoms with Gasteiger partial charge in [-0.3, -0.25) is 14.5 Å². The van der Waals surface area contributed by atoms with Crippen LogP contribution < -0.4 is 11.1 Å². The molecule has 0 unspecified atom stereocenters. The summed E-state index contributed by atoms with van der Waals surface area (Å²) in [4.78, 5) is 47.5.